The second-order valence-electron chi connectivity index (χ2n) is 5.23. The van der Waals surface area contributed by atoms with Gasteiger partial charge in [-0.3, -0.25) is 4.79 Å². The number of likely N-dealkylation sites (tertiary alicyclic amines) is 1. The van der Waals surface area contributed by atoms with Gasteiger partial charge in [0.1, 0.15) is 5.75 Å². The lowest BCUT2D eigenvalue weighted by Gasteiger charge is -2.15. The summed E-state index contributed by atoms with van der Waals surface area (Å²) >= 11 is 0. The van der Waals surface area contributed by atoms with E-state index in [0.29, 0.717) is 12.5 Å². The summed E-state index contributed by atoms with van der Waals surface area (Å²) in [6.45, 7) is 6.73. The summed E-state index contributed by atoms with van der Waals surface area (Å²) < 4.78 is 5.60. The third kappa shape index (κ3) is 3.25. The highest BCUT2D eigenvalue weighted by Gasteiger charge is 2.19. The highest BCUT2D eigenvalue weighted by Crippen LogP contribution is 2.17. The Morgan fingerprint density at radius 2 is 1.83 bits per heavy atom. The van der Waals surface area contributed by atoms with Gasteiger partial charge in [-0.1, -0.05) is 13.8 Å². The minimum Gasteiger partial charge on any atom is -0.493 e. The number of hydrogen-bond acceptors (Lipinski definition) is 2. The van der Waals surface area contributed by atoms with Crippen LogP contribution in [0.1, 0.15) is 37.0 Å². The maximum Gasteiger partial charge on any atom is 0.253 e. The van der Waals surface area contributed by atoms with Crippen LogP contribution in [-0.4, -0.2) is 30.5 Å². The lowest BCUT2D eigenvalue weighted by atomic mass is 10.2. The summed E-state index contributed by atoms with van der Waals surface area (Å²) in [6.07, 6.45) is 2.25. The molecule has 0 atom stereocenters. The number of benzene rings is 1. The van der Waals surface area contributed by atoms with Gasteiger partial charge in [-0.25, -0.2) is 0 Å². The molecule has 0 spiro atoms. The van der Waals surface area contributed by atoms with Crippen molar-refractivity contribution in [3.8, 4) is 5.75 Å². The van der Waals surface area contributed by atoms with Gasteiger partial charge in [0, 0.05) is 18.7 Å². The summed E-state index contributed by atoms with van der Waals surface area (Å²) in [5.41, 5.74) is 0.758. The lowest BCUT2D eigenvalue weighted by Crippen LogP contribution is -2.27. The van der Waals surface area contributed by atoms with Gasteiger partial charge in [0.05, 0.1) is 6.61 Å². The fourth-order valence-electron chi connectivity index (χ4n) is 2.06. The Labute approximate surface area is 109 Å². The van der Waals surface area contributed by atoms with Crippen molar-refractivity contribution in [2.45, 2.75) is 26.7 Å². The molecule has 1 saturated heterocycles. The molecule has 3 nitrogen and oxygen atoms in total. The molecule has 0 N–H and O–H groups in total. The van der Waals surface area contributed by atoms with Gasteiger partial charge >= 0.3 is 0 Å². The van der Waals surface area contributed by atoms with Crippen molar-refractivity contribution < 1.29 is 9.53 Å². The van der Waals surface area contributed by atoms with E-state index in [0.717, 1.165) is 37.2 Å². The first-order valence-electron chi connectivity index (χ1n) is 6.69. The van der Waals surface area contributed by atoms with Crippen molar-refractivity contribution in [3.63, 3.8) is 0 Å². The van der Waals surface area contributed by atoms with Gasteiger partial charge in [-0.05, 0) is 43.0 Å². The van der Waals surface area contributed by atoms with Crippen molar-refractivity contribution in [1.29, 1.82) is 0 Å². The Balaban J connectivity index is 1.96. The molecule has 98 valence electrons. The molecule has 0 aliphatic carbocycles. The summed E-state index contributed by atoms with van der Waals surface area (Å²) in [6, 6.07) is 7.48. The topological polar surface area (TPSA) is 29.5 Å². The number of hydrogen-bond donors (Lipinski definition) is 0. The molecule has 1 aliphatic rings. The van der Waals surface area contributed by atoms with Crippen LogP contribution in [0, 0.1) is 5.92 Å². The van der Waals surface area contributed by atoms with Crippen LogP contribution in [0.5, 0.6) is 5.75 Å². The standard InChI is InChI=1S/C15H21NO2/c1-12(2)11-18-14-7-5-13(6-8-14)15(17)16-9-3-4-10-16/h5-8,12H,3-4,9-11H2,1-2H3. The Hall–Kier alpha value is -1.51. The number of nitrogens with zero attached hydrogens (tertiary/aromatic N) is 1. The minimum absolute atomic E-state index is 0.142. The van der Waals surface area contributed by atoms with Crippen molar-refractivity contribution in [2.24, 2.45) is 5.92 Å². The van der Waals surface area contributed by atoms with Crippen LogP contribution < -0.4 is 4.74 Å². The van der Waals surface area contributed by atoms with E-state index < -0.39 is 0 Å². The third-order valence-electron chi connectivity index (χ3n) is 3.08. The largest absolute Gasteiger partial charge is 0.493 e. The van der Waals surface area contributed by atoms with E-state index >= 15 is 0 Å². The predicted octanol–water partition coefficient (Wildman–Crippen LogP) is 2.96. The molecule has 1 heterocycles. The lowest BCUT2D eigenvalue weighted by molar-refractivity contribution is 0.0793. The Morgan fingerprint density at radius 3 is 2.39 bits per heavy atom. The van der Waals surface area contributed by atoms with Crippen LogP contribution in [-0.2, 0) is 0 Å². The first-order chi connectivity index (χ1) is 8.66. The maximum absolute atomic E-state index is 12.1. The van der Waals surface area contributed by atoms with Crippen LogP contribution in [0.25, 0.3) is 0 Å². The molecule has 18 heavy (non-hydrogen) atoms. The average molecular weight is 247 g/mol. The van der Waals surface area contributed by atoms with Crippen molar-refractivity contribution in [1.82, 2.24) is 4.90 Å². The monoisotopic (exact) mass is 247 g/mol. The molecule has 1 aromatic carbocycles. The average Bonchev–Trinajstić information content (AvgIpc) is 2.90. The van der Waals surface area contributed by atoms with Gasteiger partial charge < -0.3 is 9.64 Å². The molecule has 0 aromatic heterocycles. The molecule has 3 heteroatoms. The van der Waals surface area contributed by atoms with E-state index in [4.69, 9.17) is 4.74 Å². The predicted molar refractivity (Wildman–Crippen MR) is 71.9 cm³/mol. The number of ether oxygens (including phenoxy) is 1. The normalized spacial score (nSPS) is 15.2. The van der Waals surface area contributed by atoms with Crippen LogP contribution >= 0.6 is 0 Å². The first kappa shape index (κ1) is 12.9. The molecule has 0 unspecified atom stereocenters. The second kappa shape index (κ2) is 5.89. The number of rotatable bonds is 4. The number of carbonyl (C=O) groups excluding carboxylic acids is 1. The zero-order valence-corrected chi connectivity index (χ0v) is 11.2. The minimum atomic E-state index is 0.142. The Bertz CT molecular complexity index is 391. The van der Waals surface area contributed by atoms with Gasteiger partial charge in [-0.2, -0.15) is 0 Å². The highest BCUT2D eigenvalue weighted by atomic mass is 16.5. The summed E-state index contributed by atoms with van der Waals surface area (Å²) in [5, 5.41) is 0. The first-order valence-corrected chi connectivity index (χ1v) is 6.69. The molecule has 0 bridgehead atoms. The number of carbonyl (C=O) groups is 1. The molecular formula is C15H21NO2. The molecule has 0 saturated carbocycles. The van der Waals surface area contributed by atoms with E-state index in [9.17, 15) is 4.79 Å². The SMILES string of the molecule is CC(C)COc1ccc(C(=O)N2CCCC2)cc1. The Kier molecular flexibility index (Phi) is 4.24. The summed E-state index contributed by atoms with van der Waals surface area (Å²) in [4.78, 5) is 14.0. The fourth-order valence-corrected chi connectivity index (χ4v) is 2.06. The van der Waals surface area contributed by atoms with E-state index in [-0.39, 0.29) is 5.91 Å². The zero-order chi connectivity index (χ0) is 13.0. The molecule has 1 aromatic rings. The highest BCUT2D eigenvalue weighted by molar-refractivity contribution is 5.94. The Morgan fingerprint density at radius 1 is 1.22 bits per heavy atom. The van der Waals surface area contributed by atoms with Crippen molar-refractivity contribution >= 4 is 5.91 Å². The molecule has 1 amide bonds. The zero-order valence-electron chi connectivity index (χ0n) is 11.2. The van der Waals surface area contributed by atoms with E-state index in [1.165, 1.54) is 0 Å². The number of amides is 1. The maximum atomic E-state index is 12.1. The van der Waals surface area contributed by atoms with Crippen molar-refractivity contribution in [3.05, 3.63) is 29.8 Å². The van der Waals surface area contributed by atoms with Gasteiger partial charge in [0.2, 0.25) is 0 Å². The quantitative estimate of drug-likeness (QED) is 0.818. The van der Waals surface area contributed by atoms with Crippen LogP contribution in [0.2, 0.25) is 0 Å². The van der Waals surface area contributed by atoms with Crippen LogP contribution in [0.4, 0.5) is 0 Å². The molecule has 1 fully saturated rings. The second-order valence-corrected chi connectivity index (χ2v) is 5.23. The molecule has 2 rings (SSSR count). The molecule has 0 radical (unpaired) electrons. The smallest absolute Gasteiger partial charge is 0.253 e. The third-order valence-corrected chi connectivity index (χ3v) is 3.08. The van der Waals surface area contributed by atoms with E-state index in [1.54, 1.807) is 0 Å². The summed E-state index contributed by atoms with van der Waals surface area (Å²) in [5.74, 6) is 1.49. The van der Waals surface area contributed by atoms with Gasteiger partial charge in [-0.15, -0.1) is 0 Å². The van der Waals surface area contributed by atoms with E-state index in [2.05, 4.69) is 13.8 Å². The summed E-state index contributed by atoms with van der Waals surface area (Å²) in [7, 11) is 0. The van der Waals surface area contributed by atoms with Crippen molar-refractivity contribution in [2.75, 3.05) is 19.7 Å². The van der Waals surface area contributed by atoms with Crippen LogP contribution in [0.3, 0.4) is 0 Å². The van der Waals surface area contributed by atoms with Gasteiger partial charge in [0.15, 0.2) is 0 Å². The molecular weight excluding hydrogens is 226 g/mol. The van der Waals surface area contributed by atoms with Crippen LogP contribution in [0.15, 0.2) is 24.3 Å². The van der Waals surface area contributed by atoms with E-state index in [1.807, 2.05) is 29.2 Å². The van der Waals surface area contributed by atoms with Gasteiger partial charge in [0.25, 0.3) is 5.91 Å². The fraction of sp³-hybridized carbons (Fsp3) is 0.533. The molecule has 1 aliphatic heterocycles.